The Kier molecular flexibility index (Phi) is 4.18. The molecule has 3 rings (SSSR count). The van der Waals surface area contributed by atoms with E-state index < -0.39 is 0 Å². The summed E-state index contributed by atoms with van der Waals surface area (Å²) in [5.41, 5.74) is -0.0164. The van der Waals surface area contributed by atoms with Crippen LogP contribution >= 0.6 is 0 Å². The molecule has 0 bridgehead atoms. The maximum Gasteiger partial charge on any atom is 0.161 e. The van der Waals surface area contributed by atoms with E-state index >= 15 is 0 Å². The molecule has 2 aliphatic rings. The maximum absolute atomic E-state index is 10.0. The summed E-state index contributed by atoms with van der Waals surface area (Å²) < 4.78 is 6.46. The minimum absolute atomic E-state index is 0.0164. The summed E-state index contributed by atoms with van der Waals surface area (Å²) in [6.45, 7) is 0. The second kappa shape index (κ2) is 6.07. The van der Waals surface area contributed by atoms with Gasteiger partial charge in [-0.1, -0.05) is 37.8 Å². The normalized spacial score (nSPS) is 23.4. The smallest absolute Gasteiger partial charge is 0.161 e. The third-order valence-corrected chi connectivity index (χ3v) is 5.23. The first-order chi connectivity index (χ1) is 9.80. The van der Waals surface area contributed by atoms with Gasteiger partial charge in [-0.3, -0.25) is 0 Å². The molecule has 0 radical (unpaired) electrons. The summed E-state index contributed by atoms with van der Waals surface area (Å²) in [7, 11) is 0. The van der Waals surface area contributed by atoms with E-state index in [1.165, 1.54) is 51.4 Å². The van der Waals surface area contributed by atoms with Crippen molar-refractivity contribution >= 4 is 0 Å². The molecule has 1 N–H and O–H groups in total. The van der Waals surface area contributed by atoms with Crippen molar-refractivity contribution in [3.8, 4) is 11.5 Å². The average Bonchev–Trinajstić information content (AvgIpc) is 2.52. The topological polar surface area (TPSA) is 29.5 Å². The summed E-state index contributed by atoms with van der Waals surface area (Å²) in [6.07, 6.45) is 12.8. The van der Waals surface area contributed by atoms with Gasteiger partial charge in [-0.2, -0.15) is 0 Å². The summed E-state index contributed by atoms with van der Waals surface area (Å²) in [5, 5.41) is 10.0. The fourth-order valence-corrected chi connectivity index (χ4v) is 4.14. The van der Waals surface area contributed by atoms with Gasteiger partial charge in [0.05, 0.1) is 0 Å². The molecule has 0 aromatic heterocycles. The Labute approximate surface area is 122 Å². The Morgan fingerprint density at radius 2 is 1.55 bits per heavy atom. The number of phenols is 1. The molecule has 1 aromatic rings. The van der Waals surface area contributed by atoms with Crippen molar-refractivity contribution in [1.29, 1.82) is 0 Å². The van der Waals surface area contributed by atoms with Crippen LogP contribution in [0.25, 0.3) is 0 Å². The largest absolute Gasteiger partial charge is 0.504 e. The second-order valence-corrected chi connectivity index (χ2v) is 6.53. The quantitative estimate of drug-likeness (QED) is 0.835. The van der Waals surface area contributed by atoms with Crippen LogP contribution in [0, 0.1) is 5.92 Å². The molecule has 0 heterocycles. The zero-order valence-electron chi connectivity index (χ0n) is 12.3. The lowest BCUT2D eigenvalue weighted by atomic mass is 9.69. The molecule has 0 spiro atoms. The van der Waals surface area contributed by atoms with Crippen LogP contribution in [0.15, 0.2) is 24.3 Å². The van der Waals surface area contributed by atoms with Gasteiger partial charge >= 0.3 is 0 Å². The Morgan fingerprint density at radius 1 is 0.900 bits per heavy atom. The molecule has 2 saturated carbocycles. The highest BCUT2D eigenvalue weighted by Crippen LogP contribution is 2.45. The first-order valence-corrected chi connectivity index (χ1v) is 8.27. The summed E-state index contributed by atoms with van der Waals surface area (Å²) in [5.74, 6) is 1.64. The predicted molar refractivity (Wildman–Crippen MR) is 81.1 cm³/mol. The van der Waals surface area contributed by atoms with Crippen molar-refractivity contribution in [1.82, 2.24) is 0 Å². The van der Waals surface area contributed by atoms with Gasteiger partial charge in [-0.25, -0.2) is 0 Å². The van der Waals surface area contributed by atoms with Gasteiger partial charge in [0.15, 0.2) is 11.5 Å². The standard InChI is InChI=1S/C18H26O2/c19-16-11-5-6-12-17(16)20-18(13-7-2-8-14-18)15-9-3-1-4-10-15/h5-6,11-12,15,19H,1-4,7-10,13-14H2. The van der Waals surface area contributed by atoms with Gasteiger partial charge in [0.1, 0.15) is 5.60 Å². The van der Waals surface area contributed by atoms with Gasteiger partial charge in [0.2, 0.25) is 0 Å². The van der Waals surface area contributed by atoms with E-state index in [2.05, 4.69) is 0 Å². The number of hydrogen-bond acceptors (Lipinski definition) is 2. The lowest BCUT2D eigenvalue weighted by molar-refractivity contribution is -0.0395. The average molecular weight is 274 g/mol. The molecule has 0 aliphatic heterocycles. The Bertz CT molecular complexity index is 429. The monoisotopic (exact) mass is 274 g/mol. The highest BCUT2D eigenvalue weighted by molar-refractivity contribution is 5.38. The van der Waals surface area contributed by atoms with E-state index in [1.807, 2.05) is 18.2 Å². The van der Waals surface area contributed by atoms with Gasteiger partial charge < -0.3 is 9.84 Å². The van der Waals surface area contributed by atoms with Crippen molar-refractivity contribution in [2.45, 2.75) is 69.8 Å². The number of hydrogen-bond donors (Lipinski definition) is 1. The molecule has 110 valence electrons. The number of ether oxygens (including phenoxy) is 1. The molecule has 1 aromatic carbocycles. The fraction of sp³-hybridized carbons (Fsp3) is 0.667. The van der Waals surface area contributed by atoms with Crippen LogP contribution in [0.1, 0.15) is 64.2 Å². The van der Waals surface area contributed by atoms with Crippen molar-refractivity contribution < 1.29 is 9.84 Å². The van der Waals surface area contributed by atoms with Gasteiger partial charge in [0.25, 0.3) is 0 Å². The van der Waals surface area contributed by atoms with E-state index in [9.17, 15) is 5.11 Å². The van der Waals surface area contributed by atoms with Crippen LogP contribution in [0.5, 0.6) is 11.5 Å². The maximum atomic E-state index is 10.0. The number of aromatic hydroxyl groups is 1. The first kappa shape index (κ1) is 13.8. The molecular formula is C18H26O2. The number of para-hydroxylation sites is 2. The molecule has 20 heavy (non-hydrogen) atoms. The van der Waals surface area contributed by atoms with Crippen molar-refractivity contribution in [2.24, 2.45) is 5.92 Å². The molecule has 2 nitrogen and oxygen atoms in total. The highest BCUT2D eigenvalue weighted by Gasteiger charge is 2.42. The van der Waals surface area contributed by atoms with E-state index in [0.29, 0.717) is 11.7 Å². The van der Waals surface area contributed by atoms with Gasteiger partial charge in [-0.05, 0) is 56.6 Å². The van der Waals surface area contributed by atoms with Crippen LogP contribution in [0.3, 0.4) is 0 Å². The zero-order chi connectivity index (χ0) is 13.8. The lowest BCUT2D eigenvalue weighted by Crippen LogP contribution is -2.46. The summed E-state index contributed by atoms with van der Waals surface area (Å²) in [6, 6.07) is 7.45. The van der Waals surface area contributed by atoms with E-state index in [1.54, 1.807) is 6.07 Å². The van der Waals surface area contributed by atoms with Crippen LogP contribution in [-0.4, -0.2) is 10.7 Å². The van der Waals surface area contributed by atoms with Crippen LogP contribution < -0.4 is 4.74 Å². The number of phenolic OH excluding ortho intramolecular Hbond substituents is 1. The third kappa shape index (κ3) is 2.79. The van der Waals surface area contributed by atoms with Gasteiger partial charge in [-0.15, -0.1) is 0 Å². The summed E-state index contributed by atoms with van der Waals surface area (Å²) in [4.78, 5) is 0. The minimum Gasteiger partial charge on any atom is -0.504 e. The summed E-state index contributed by atoms with van der Waals surface area (Å²) >= 11 is 0. The lowest BCUT2D eigenvalue weighted by Gasteiger charge is -2.45. The zero-order valence-corrected chi connectivity index (χ0v) is 12.3. The van der Waals surface area contributed by atoms with Crippen LogP contribution in [-0.2, 0) is 0 Å². The molecule has 2 aliphatic carbocycles. The molecular weight excluding hydrogens is 248 g/mol. The first-order valence-electron chi connectivity index (χ1n) is 8.27. The predicted octanol–water partition coefficient (Wildman–Crippen LogP) is 5.05. The van der Waals surface area contributed by atoms with E-state index in [0.717, 1.165) is 12.8 Å². The molecule has 2 heteroatoms. The minimum atomic E-state index is -0.0164. The SMILES string of the molecule is Oc1ccccc1OC1(C2CCCCC2)CCCCC1. The second-order valence-electron chi connectivity index (χ2n) is 6.53. The van der Waals surface area contributed by atoms with Crippen LogP contribution in [0.4, 0.5) is 0 Å². The molecule has 0 unspecified atom stereocenters. The highest BCUT2D eigenvalue weighted by atomic mass is 16.5. The third-order valence-electron chi connectivity index (χ3n) is 5.23. The Morgan fingerprint density at radius 3 is 2.25 bits per heavy atom. The van der Waals surface area contributed by atoms with E-state index in [4.69, 9.17) is 4.74 Å². The molecule has 0 amide bonds. The van der Waals surface area contributed by atoms with Crippen molar-refractivity contribution in [3.63, 3.8) is 0 Å². The number of benzene rings is 1. The molecule has 2 fully saturated rings. The Hall–Kier alpha value is -1.18. The van der Waals surface area contributed by atoms with Gasteiger partial charge in [0, 0.05) is 0 Å². The van der Waals surface area contributed by atoms with Crippen LogP contribution in [0.2, 0.25) is 0 Å². The number of rotatable bonds is 3. The van der Waals surface area contributed by atoms with Crippen molar-refractivity contribution in [3.05, 3.63) is 24.3 Å². The fourth-order valence-electron chi connectivity index (χ4n) is 4.14. The van der Waals surface area contributed by atoms with E-state index in [-0.39, 0.29) is 11.4 Å². The van der Waals surface area contributed by atoms with Crippen molar-refractivity contribution in [2.75, 3.05) is 0 Å². The molecule has 0 atom stereocenters. The Balaban J connectivity index is 1.83. The molecule has 0 saturated heterocycles.